The van der Waals surface area contributed by atoms with E-state index in [0.717, 1.165) is 43.4 Å². The van der Waals surface area contributed by atoms with Gasteiger partial charge in [-0.1, -0.05) is 6.92 Å². The zero-order valence-corrected chi connectivity index (χ0v) is 23.9. The molecule has 0 bridgehead atoms. The highest BCUT2D eigenvalue weighted by molar-refractivity contribution is 6.04. The van der Waals surface area contributed by atoms with E-state index in [1.807, 2.05) is 13.0 Å². The largest absolute Gasteiger partial charge is 0.491 e. The predicted octanol–water partition coefficient (Wildman–Crippen LogP) is 3.27. The van der Waals surface area contributed by atoms with Crippen molar-refractivity contribution in [2.75, 3.05) is 73.5 Å². The minimum absolute atomic E-state index is 0.0484. The zero-order chi connectivity index (χ0) is 28.1. The van der Waals surface area contributed by atoms with Gasteiger partial charge in [0.05, 0.1) is 25.1 Å². The molecule has 1 saturated heterocycles. The monoisotopic (exact) mass is 539 g/mol. The summed E-state index contributed by atoms with van der Waals surface area (Å²) < 4.78 is 11.1. The van der Waals surface area contributed by atoms with Crippen LogP contribution in [0.1, 0.15) is 40.5 Å². The number of aromatic nitrogens is 2. The van der Waals surface area contributed by atoms with Crippen LogP contribution in [0.4, 0.5) is 28.8 Å². The van der Waals surface area contributed by atoms with E-state index in [2.05, 4.69) is 58.0 Å². The summed E-state index contributed by atoms with van der Waals surface area (Å²) in [6, 6.07) is 5.91. The quantitative estimate of drug-likeness (QED) is 0.357. The van der Waals surface area contributed by atoms with Crippen molar-refractivity contribution in [3.05, 3.63) is 24.4 Å². The third kappa shape index (κ3) is 6.52. The predicted molar refractivity (Wildman–Crippen MR) is 153 cm³/mol. The molecule has 2 aliphatic heterocycles. The Labute approximate surface area is 231 Å². The molecule has 1 fully saturated rings. The minimum Gasteiger partial charge on any atom is -0.491 e. The summed E-state index contributed by atoms with van der Waals surface area (Å²) in [4.78, 5) is 41.9. The number of benzene rings is 1. The Morgan fingerprint density at radius 3 is 2.56 bits per heavy atom. The second-order valence-electron chi connectivity index (χ2n) is 10.4. The maximum atomic E-state index is 13.0. The Hall–Kier alpha value is -3.60. The van der Waals surface area contributed by atoms with E-state index in [9.17, 15) is 9.59 Å². The Kier molecular flexibility index (Phi) is 9.11. The average Bonchev–Trinajstić information content (AvgIpc) is 2.91. The molecule has 0 unspecified atom stereocenters. The third-order valence-electron chi connectivity index (χ3n) is 7.18. The number of carbonyl (C=O) groups excluding carboxylic acids is 2. The normalized spacial score (nSPS) is 17.9. The zero-order valence-electron chi connectivity index (χ0n) is 23.9. The van der Waals surface area contributed by atoms with Crippen LogP contribution in [0.2, 0.25) is 0 Å². The van der Waals surface area contributed by atoms with E-state index in [1.54, 1.807) is 18.1 Å². The second-order valence-corrected chi connectivity index (χ2v) is 10.4. The molecule has 2 aliphatic rings. The number of likely N-dealkylation sites (N-methyl/N-ethyl adjacent to an activating group) is 2. The number of fused-ring (bicyclic) bond motifs is 1. The Bertz CT molecular complexity index is 1170. The molecule has 3 heterocycles. The Balaban J connectivity index is 1.62. The van der Waals surface area contributed by atoms with Gasteiger partial charge in [0, 0.05) is 58.3 Å². The average molecular weight is 540 g/mol. The first-order valence-electron chi connectivity index (χ1n) is 13.7. The van der Waals surface area contributed by atoms with Crippen LogP contribution in [0.5, 0.6) is 5.75 Å². The lowest BCUT2D eigenvalue weighted by molar-refractivity contribution is -0.141. The number of amides is 1. The van der Waals surface area contributed by atoms with Crippen molar-refractivity contribution in [3.63, 3.8) is 0 Å². The lowest BCUT2D eigenvalue weighted by atomic mass is 10.1. The smallest absolute Gasteiger partial charge is 0.302 e. The summed E-state index contributed by atoms with van der Waals surface area (Å²) in [6.45, 7) is 12.1. The molecule has 2 aromatic rings. The Morgan fingerprint density at radius 1 is 1.15 bits per heavy atom. The molecular formula is C28H41N7O4. The van der Waals surface area contributed by atoms with Crippen LogP contribution in [0, 0.1) is 0 Å². The summed E-state index contributed by atoms with van der Waals surface area (Å²) in [7, 11) is 3.91. The van der Waals surface area contributed by atoms with Gasteiger partial charge in [-0.05, 0) is 45.5 Å². The molecular weight excluding hydrogens is 498 g/mol. The van der Waals surface area contributed by atoms with Gasteiger partial charge < -0.3 is 34.4 Å². The molecule has 0 radical (unpaired) electrons. The van der Waals surface area contributed by atoms with Crippen molar-refractivity contribution >= 4 is 40.7 Å². The number of carbonyl (C=O) groups is 2. The highest BCUT2D eigenvalue weighted by atomic mass is 16.5. The Morgan fingerprint density at radius 2 is 1.90 bits per heavy atom. The molecule has 1 amide bonds. The van der Waals surface area contributed by atoms with Crippen LogP contribution < -0.4 is 24.8 Å². The first-order valence-corrected chi connectivity index (χ1v) is 13.7. The van der Waals surface area contributed by atoms with Gasteiger partial charge in [-0.15, -0.1) is 0 Å². The highest BCUT2D eigenvalue weighted by Crippen LogP contribution is 2.38. The number of anilines is 5. The van der Waals surface area contributed by atoms with Crippen LogP contribution in [-0.4, -0.2) is 92.3 Å². The molecule has 1 aromatic heterocycles. The number of nitrogens with zero attached hydrogens (tertiary/aromatic N) is 6. The maximum Gasteiger partial charge on any atom is 0.302 e. The van der Waals surface area contributed by atoms with Gasteiger partial charge in [0.2, 0.25) is 11.9 Å². The molecule has 0 spiro atoms. The standard InChI is InChI=1S/C28H41N7O4/c1-7-23-27(37)33(6)24-18-29-28(31-26(24)35(23)19(2)3)30-22-17-21(34-13-11-32(5)12-14-34)9-10-25(22)39-16-8-15-38-20(4)36/h9-10,17-19,23H,7-8,11-16H2,1-6H3,(H,29,30,31)/t23-/m1/s1. The summed E-state index contributed by atoms with van der Waals surface area (Å²) in [6.07, 6.45) is 2.97. The van der Waals surface area contributed by atoms with E-state index >= 15 is 0 Å². The molecule has 11 nitrogen and oxygen atoms in total. The fraction of sp³-hybridized carbons (Fsp3) is 0.571. The number of rotatable bonds is 10. The lowest BCUT2D eigenvalue weighted by Crippen LogP contribution is -2.54. The van der Waals surface area contributed by atoms with Gasteiger partial charge in [0.15, 0.2) is 5.82 Å². The van der Waals surface area contributed by atoms with Gasteiger partial charge in [-0.25, -0.2) is 4.98 Å². The molecule has 1 N–H and O–H groups in total. The van der Waals surface area contributed by atoms with Crippen LogP contribution in [0.3, 0.4) is 0 Å². The second kappa shape index (κ2) is 12.5. The summed E-state index contributed by atoms with van der Waals surface area (Å²) in [5.41, 5.74) is 2.54. The van der Waals surface area contributed by atoms with E-state index in [1.165, 1.54) is 6.92 Å². The summed E-state index contributed by atoms with van der Waals surface area (Å²) in [5, 5.41) is 3.39. The van der Waals surface area contributed by atoms with Crippen molar-refractivity contribution in [1.82, 2.24) is 14.9 Å². The number of piperazine rings is 1. The molecule has 11 heteroatoms. The van der Waals surface area contributed by atoms with Gasteiger partial charge >= 0.3 is 5.97 Å². The van der Waals surface area contributed by atoms with Gasteiger partial charge in [-0.3, -0.25) is 9.59 Å². The molecule has 4 rings (SSSR count). The number of esters is 1. The molecule has 1 aromatic carbocycles. The van der Waals surface area contributed by atoms with E-state index in [0.29, 0.717) is 43.4 Å². The summed E-state index contributed by atoms with van der Waals surface area (Å²) >= 11 is 0. The van der Waals surface area contributed by atoms with Crippen LogP contribution in [0.15, 0.2) is 24.4 Å². The van der Waals surface area contributed by atoms with Crippen molar-refractivity contribution in [2.45, 2.75) is 52.6 Å². The molecule has 0 saturated carbocycles. The SMILES string of the molecule is CC[C@@H]1C(=O)N(C)c2cnc(Nc3cc(N4CCN(C)CC4)ccc3OCCCOC(C)=O)nc2N1C(C)C. The van der Waals surface area contributed by atoms with Crippen LogP contribution >= 0.6 is 0 Å². The van der Waals surface area contributed by atoms with Gasteiger partial charge in [0.25, 0.3) is 0 Å². The maximum absolute atomic E-state index is 13.0. The summed E-state index contributed by atoms with van der Waals surface area (Å²) in [5.74, 6) is 1.57. The van der Waals surface area contributed by atoms with Crippen LogP contribution in [-0.2, 0) is 14.3 Å². The first kappa shape index (κ1) is 28.4. The number of hydrogen-bond donors (Lipinski definition) is 1. The topological polar surface area (TPSA) is 103 Å². The van der Waals surface area contributed by atoms with Crippen molar-refractivity contribution in [1.29, 1.82) is 0 Å². The lowest BCUT2D eigenvalue weighted by Gasteiger charge is -2.42. The van der Waals surface area contributed by atoms with E-state index in [4.69, 9.17) is 14.5 Å². The minimum atomic E-state index is -0.299. The van der Waals surface area contributed by atoms with Gasteiger partial charge in [-0.2, -0.15) is 4.98 Å². The first-order chi connectivity index (χ1) is 18.7. The van der Waals surface area contributed by atoms with E-state index < -0.39 is 0 Å². The van der Waals surface area contributed by atoms with Gasteiger partial charge in [0.1, 0.15) is 17.5 Å². The van der Waals surface area contributed by atoms with Crippen molar-refractivity contribution in [2.24, 2.45) is 0 Å². The molecule has 0 aliphatic carbocycles. The third-order valence-corrected chi connectivity index (χ3v) is 7.18. The number of hydrogen-bond acceptors (Lipinski definition) is 10. The molecule has 39 heavy (non-hydrogen) atoms. The fourth-order valence-electron chi connectivity index (χ4n) is 5.02. The molecule has 212 valence electrons. The van der Waals surface area contributed by atoms with Crippen molar-refractivity contribution < 1.29 is 19.1 Å². The van der Waals surface area contributed by atoms with Crippen molar-refractivity contribution in [3.8, 4) is 5.75 Å². The molecule has 1 atom stereocenters. The number of nitrogens with one attached hydrogen (secondary N) is 1. The van der Waals surface area contributed by atoms with Crippen LogP contribution in [0.25, 0.3) is 0 Å². The van der Waals surface area contributed by atoms with E-state index in [-0.39, 0.29) is 24.0 Å². The highest BCUT2D eigenvalue weighted by Gasteiger charge is 2.38. The fourth-order valence-corrected chi connectivity index (χ4v) is 5.02. The number of ether oxygens (including phenoxy) is 2.